The highest BCUT2D eigenvalue weighted by molar-refractivity contribution is 5.65. The number of hydrogen-bond acceptors (Lipinski definition) is 5. The molecule has 0 amide bonds. The summed E-state index contributed by atoms with van der Waals surface area (Å²) in [6.07, 6.45) is 14.2. The van der Waals surface area contributed by atoms with Crippen molar-refractivity contribution in [2.45, 2.75) is 77.6 Å². The molecule has 0 aliphatic rings. The zero-order valence-corrected chi connectivity index (χ0v) is 16.9. The van der Waals surface area contributed by atoms with Crippen LogP contribution in [0.25, 0.3) is 0 Å². The molecule has 0 atom stereocenters. The first-order valence-electron chi connectivity index (χ1n) is 9.51. The maximum Gasteiger partial charge on any atom is 0.593 e. The minimum absolute atomic E-state index is 0.196. The highest BCUT2D eigenvalue weighted by Crippen LogP contribution is 2.11. The summed E-state index contributed by atoms with van der Waals surface area (Å²) in [4.78, 5) is 21.3. The average molecular weight is 364 g/mol. The number of ether oxygens (including phenoxy) is 1. The van der Waals surface area contributed by atoms with Gasteiger partial charge in [0.15, 0.2) is 4.90 Å². The minimum atomic E-state index is 0.196. The van der Waals surface area contributed by atoms with Crippen molar-refractivity contribution in [3.63, 3.8) is 0 Å². The van der Waals surface area contributed by atoms with E-state index in [4.69, 9.17) is 24.1 Å². The van der Waals surface area contributed by atoms with Gasteiger partial charge in [0.1, 0.15) is 14.2 Å². The number of hydrogen-bond donors (Lipinski definition) is 0. The summed E-state index contributed by atoms with van der Waals surface area (Å²) in [6, 6.07) is 0.196. The predicted octanol–water partition coefficient (Wildman–Crippen LogP) is 4.23. The van der Waals surface area contributed by atoms with E-state index in [0.29, 0.717) is 6.61 Å². The van der Waals surface area contributed by atoms with Crippen LogP contribution < -0.4 is 0 Å². The lowest BCUT2D eigenvalue weighted by molar-refractivity contribution is -0.965. The molecular formula is C18H39N2O5+. The van der Waals surface area contributed by atoms with Crippen molar-refractivity contribution >= 4 is 6.02 Å². The number of hydroxylamine groups is 2. The third kappa shape index (κ3) is 11.9. The van der Waals surface area contributed by atoms with Crippen molar-refractivity contribution in [1.29, 1.82) is 0 Å². The lowest BCUT2D eigenvalue weighted by Gasteiger charge is -2.12. The van der Waals surface area contributed by atoms with E-state index >= 15 is 0 Å². The Morgan fingerprint density at radius 3 is 1.52 bits per heavy atom. The largest absolute Gasteiger partial charge is 0.593 e. The molecule has 0 aromatic heterocycles. The van der Waals surface area contributed by atoms with Gasteiger partial charge in [0.2, 0.25) is 0 Å². The van der Waals surface area contributed by atoms with Gasteiger partial charge in [-0.25, -0.2) is 0 Å². The van der Waals surface area contributed by atoms with Crippen molar-refractivity contribution in [1.82, 2.24) is 5.23 Å². The quantitative estimate of drug-likeness (QED) is 0.177. The summed E-state index contributed by atoms with van der Waals surface area (Å²) in [5.41, 5.74) is 0. The van der Waals surface area contributed by atoms with Crippen LogP contribution in [0.3, 0.4) is 0 Å². The van der Waals surface area contributed by atoms with Crippen molar-refractivity contribution in [2.24, 2.45) is 0 Å². The first kappa shape index (κ1) is 23.8. The third-order valence-electron chi connectivity index (χ3n) is 3.95. The molecule has 0 aromatic rings. The van der Waals surface area contributed by atoms with Crippen LogP contribution in [0.4, 0.5) is 0 Å². The van der Waals surface area contributed by atoms with Crippen molar-refractivity contribution in [3.8, 4) is 0 Å². The first-order chi connectivity index (χ1) is 12.2. The molecule has 0 bridgehead atoms. The number of nitrogens with zero attached hydrogens (tertiary/aromatic N) is 2. The topological polar surface area (TPSA) is 52.4 Å². The molecular weight excluding hydrogens is 324 g/mol. The molecule has 0 saturated carbocycles. The highest BCUT2D eigenvalue weighted by Gasteiger charge is 2.31. The molecule has 7 heteroatoms. The van der Waals surface area contributed by atoms with Crippen molar-refractivity contribution < 1.29 is 29.0 Å². The van der Waals surface area contributed by atoms with E-state index in [1.54, 1.807) is 0 Å². The molecule has 0 rings (SSSR count). The Morgan fingerprint density at radius 1 is 0.680 bits per heavy atom. The molecule has 0 unspecified atom stereocenters. The van der Waals surface area contributed by atoms with Crippen LogP contribution in [0.5, 0.6) is 0 Å². The summed E-state index contributed by atoms with van der Waals surface area (Å²) < 4.78 is 5.68. The minimum Gasteiger partial charge on any atom is -0.422 e. The SMILES string of the molecule is CCCCCCCCCCCCCOC(N(OC)OC)=[N+](OC)OC. The van der Waals surface area contributed by atoms with Gasteiger partial charge >= 0.3 is 6.02 Å². The molecule has 0 fully saturated rings. The smallest absolute Gasteiger partial charge is 0.422 e. The molecule has 0 heterocycles. The van der Waals surface area contributed by atoms with Crippen LogP contribution in [0, 0.1) is 0 Å². The van der Waals surface area contributed by atoms with Crippen LogP contribution in [-0.4, -0.2) is 51.2 Å². The Hall–Kier alpha value is -1.21. The van der Waals surface area contributed by atoms with E-state index in [2.05, 4.69) is 6.92 Å². The summed E-state index contributed by atoms with van der Waals surface area (Å²) in [5.74, 6) is 0. The zero-order valence-electron chi connectivity index (χ0n) is 16.9. The second-order valence-electron chi connectivity index (χ2n) is 5.91. The van der Waals surface area contributed by atoms with Crippen molar-refractivity contribution in [3.05, 3.63) is 0 Å². The van der Waals surface area contributed by atoms with Gasteiger partial charge < -0.3 is 14.4 Å². The molecule has 150 valence electrons. The van der Waals surface area contributed by atoms with Crippen LogP contribution in [0.2, 0.25) is 0 Å². The molecule has 0 saturated heterocycles. The molecule has 7 nitrogen and oxygen atoms in total. The Labute approximate surface area is 153 Å². The van der Waals surface area contributed by atoms with Gasteiger partial charge in [0.25, 0.3) is 0 Å². The molecule has 0 aromatic carbocycles. The second-order valence-corrected chi connectivity index (χ2v) is 5.91. The van der Waals surface area contributed by atoms with Gasteiger partial charge in [0.05, 0.1) is 26.1 Å². The average Bonchev–Trinajstić information content (AvgIpc) is 2.64. The van der Waals surface area contributed by atoms with Gasteiger partial charge in [-0.2, -0.15) is 9.68 Å². The molecule has 25 heavy (non-hydrogen) atoms. The Kier molecular flexibility index (Phi) is 16.8. The second kappa shape index (κ2) is 17.6. The lowest BCUT2D eigenvalue weighted by atomic mass is 10.1. The first-order valence-corrected chi connectivity index (χ1v) is 9.51. The molecule has 0 radical (unpaired) electrons. The molecule has 0 aliphatic carbocycles. The fourth-order valence-corrected chi connectivity index (χ4v) is 2.56. The highest BCUT2D eigenvalue weighted by atomic mass is 17.0. The maximum atomic E-state index is 5.68. The van der Waals surface area contributed by atoms with Gasteiger partial charge in [-0.3, -0.25) is 0 Å². The van der Waals surface area contributed by atoms with E-state index in [9.17, 15) is 0 Å². The fraction of sp³-hybridized carbons (Fsp3) is 0.944. The number of rotatable bonds is 16. The molecule has 0 spiro atoms. The number of amidine groups is 1. The Bertz CT molecular complexity index is 317. The summed E-state index contributed by atoms with van der Waals surface area (Å²) in [6.45, 7) is 2.80. The van der Waals surface area contributed by atoms with Crippen LogP contribution in [0.15, 0.2) is 0 Å². The van der Waals surface area contributed by atoms with Crippen molar-refractivity contribution in [2.75, 3.05) is 35.0 Å². The van der Waals surface area contributed by atoms with Gasteiger partial charge in [-0.1, -0.05) is 71.1 Å². The van der Waals surface area contributed by atoms with E-state index in [1.807, 2.05) is 0 Å². The van der Waals surface area contributed by atoms with Gasteiger partial charge in [-0.05, 0) is 6.42 Å². The predicted molar refractivity (Wildman–Crippen MR) is 97.6 cm³/mol. The standard InChI is InChI=1S/C18H39N2O5/c1-6-7-8-9-10-11-12-13-14-15-16-17-25-18(19(21-2)22-3)20(23-4)24-5/h6-17H2,1-5H3/q+1. The molecule has 0 aliphatic heterocycles. The van der Waals surface area contributed by atoms with E-state index in [1.165, 1.54) is 86.2 Å². The molecule has 0 N–H and O–H groups in total. The Morgan fingerprint density at radius 2 is 1.12 bits per heavy atom. The summed E-state index contributed by atoms with van der Waals surface area (Å²) in [7, 11) is 5.88. The van der Waals surface area contributed by atoms with E-state index in [-0.39, 0.29) is 6.02 Å². The van der Waals surface area contributed by atoms with Crippen LogP contribution in [0.1, 0.15) is 77.6 Å². The fourth-order valence-electron chi connectivity index (χ4n) is 2.56. The summed E-state index contributed by atoms with van der Waals surface area (Å²) in [5, 5.41) is 1.09. The van der Waals surface area contributed by atoms with Crippen LogP contribution in [-0.2, 0) is 24.1 Å². The van der Waals surface area contributed by atoms with E-state index < -0.39 is 0 Å². The van der Waals surface area contributed by atoms with E-state index in [0.717, 1.165) is 23.0 Å². The summed E-state index contributed by atoms with van der Waals surface area (Å²) >= 11 is 0. The normalized spacial score (nSPS) is 10.4. The van der Waals surface area contributed by atoms with Crippen LogP contribution >= 0.6 is 0 Å². The Balaban J connectivity index is 3.81. The third-order valence-corrected chi connectivity index (χ3v) is 3.95. The lowest BCUT2D eigenvalue weighted by Crippen LogP contribution is -2.38. The van der Waals surface area contributed by atoms with Gasteiger partial charge in [0, 0.05) is 0 Å². The monoisotopic (exact) mass is 363 g/mol. The maximum absolute atomic E-state index is 5.68. The number of unbranched alkanes of at least 4 members (excludes halogenated alkanes) is 10. The van der Waals surface area contributed by atoms with Gasteiger partial charge in [-0.15, -0.1) is 0 Å². The zero-order chi connectivity index (χ0) is 18.8.